The number of Topliss-reactive ketones (excluding diaryl/α,β-unsaturated/α-hetero) is 1. The molecule has 0 amide bonds. The van der Waals surface area contributed by atoms with Crippen LogP contribution in [0.25, 0.3) is 5.57 Å². The molecule has 0 radical (unpaired) electrons. The van der Waals surface area contributed by atoms with Crippen LogP contribution in [0.5, 0.6) is 0 Å². The molecule has 1 aromatic carbocycles. The van der Waals surface area contributed by atoms with Crippen LogP contribution in [-0.4, -0.2) is 23.1 Å². The first-order valence-corrected chi connectivity index (χ1v) is 7.29. The van der Waals surface area contributed by atoms with Crippen molar-refractivity contribution >= 4 is 23.0 Å². The van der Waals surface area contributed by atoms with Gasteiger partial charge in [-0.3, -0.25) is 4.79 Å². The quantitative estimate of drug-likeness (QED) is 0.865. The first-order chi connectivity index (χ1) is 9.58. The van der Waals surface area contributed by atoms with Gasteiger partial charge in [0.05, 0.1) is 23.9 Å². The third-order valence-electron chi connectivity index (χ3n) is 4.40. The number of fused-ring (bicyclic) bond motifs is 1. The number of rotatable bonds is 1. The van der Waals surface area contributed by atoms with Gasteiger partial charge in [-0.15, -0.1) is 0 Å². The Morgan fingerprint density at radius 2 is 1.95 bits per heavy atom. The molecule has 0 spiro atoms. The molecule has 0 bridgehead atoms. The number of benzene rings is 1. The van der Waals surface area contributed by atoms with Crippen molar-refractivity contribution in [3.63, 3.8) is 0 Å². The summed E-state index contributed by atoms with van der Waals surface area (Å²) >= 11 is 5.87. The van der Waals surface area contributed by atoms with E-state index < -0.39 is 0 Å². The zero-order valence-corrected chi connectivity index (χ0v) is 12.0. The Balaban J connectivity index is 1.90. The second-order valence-electron chi connectivity index (χ2n) is 5.61. The smallest absolute Gasteiger partial charge is 0.173 e. The van der Waals surface area contributed by atoms with Crippen LogP contribution in [0.3, 0.4) is 0 Å². The highest BCUT2D eigenvalue weighted by Gasteiger charge is 2.44. The predicted octanol–water partition coefficient (Wildman–Crippen LogP) is 3.06. The summed E-state index contributed by atoms with van der Waals surface area (Å²) in [5.74, 6) is -0.0490. The van der Waals surface area contributed by atoms with E-state index in [0.717, 1.165) is 5.56 Å². The molecular formula is C16H17ClO3. The fraction of sp³-hybridized carbons (Fsp3) is 0.438. The summed E-state index contributed by atoms with van der Waals surface area (Å²) in [6, 6.07) is 7.20. The molecule has 0 saturated heterocycles. The zero-order valence-electron chi connectivity index (χ0n) is 11.3. The van der Waals surface area contributed by atoms with Crippen LogP contribution in [-0.2, 0) is 9.53 Å². The number of carbonyl (C=O) groups excluding carboxylic acids is 1. The molecule has 4 atom stereocenters. The minimum Gasteiger partial charge on any atom is -0.496 e. The van der Waals surface area contributed by atoms with Crippen molar-refractivity contribution < 1.29 is 14.6 Å². The van der Waals surface area contributed by atoms with E-state index in [2.05, 4.69) is 0 Å². The van der Waals surface area contributed by atoms with Gasteiger partial charge in [-0.1, -0.05) is 30.7 Å². The lowest BCUT2D eigenvalue weighted by molar-refractivity contribution is -0.131. The minimum atomic E-state index is -0.380. The molecule has 1 N–H and O–H groups in total. The Bertz CT molecular complexity index is 549. The minimum absolute atomic E-state index is 0.0132. The average molecular weight is 293 g/mol. The first kappa shape index (κ1) is 13.7. The molecule has 3 nitrogen and oxygen atoms in total. The number of carbonyl (C=O) groups is 1. The molecule has 1 heterocycles. The van der Waals surface area contributed by atoms with Crippen LogP contribution in [0.2, 0.25) is 5.02 Å². The second-order valence-corrected chi connectivity index (χ2v) is 6.05. The van der Waals surface area contributed by atoms with Crippen LogP contribution < -0.4 is 0 Å². The van der Waals surface area contributed by atoms with E-state index in [1.807, 2.05) is 19.1 Å². The lowest BCUT2D eigenvalue weighted by atomic mass is 9.73. The van der Waals surface area contributed by atoms with Crippen LogP contribution in [0.4, 0.5) is 0 Å². The van der Waals surface area contributed by atoms with Crippen molar-refractivity contribution in [2.45, 2.75) is 32.0 Å². The van der Waals surface area contributed by atoms with Gasteiger partial charge in [-0.2, -0.15) is 0 Å². The summed E-state index contributed by atoms with van der Waals surface area (Å²) in [6.07, 6.45) is 2.30. The van der Waals surface area contributed by atoms with Crippen LogP contribution in [0.15, 0.2) is 30.5 Å². The van der Waals surface area contributed by atoms with Gasteiger partial charge >= 0.3 is 0 Å². The molecule has 4 unspecified atom stereocenters. The van der Waals surface area contributed by atoms with Crippen molar-refractivity contribution in [3.8, 4) is 0 Å². The van der Waals surface area contributed by atoms with Crippen LogP contribution in [0.1, 0.15) is 25.3 Å². The maximum atomic E-state index is 12.6. The number of halogens is 1. The fourth-order valence-corrected chi connectivity index (χ4v) is 3.23. The van der Waals surface area contributed by atoms with Crippen molar-refractivity contribution in [3.05, 3.63) is 41.1 Å². The van der Waals surface area contributed by atoms with E-state index in [-0.39, 0.29) is 29.8 Å². The number of aliphatic hydroxyl groups is 1. The first-order valence-electron chi connectivity index (χ1n) is 6.92. The lowest BCUT2D eigenvalue weighted by Crippen LogP contribution is -2.46. The molecule has 3 rings (SSSR count). The summed E-state index contributed by atoms with van der Waals surface area (Å²) < 4.78 is 5.76. The SMILES string of the molecule is CC1C(O)CCC2C(=O)C(c3ccc(Cl)cc3)=COC21. The van der Waals surface area contributed by atoms with Crippen molar-refractivity contribution in [1.82, 2.24) is 0 Å². The molecule has 20 heavy (non-hydrogen) atoms. The van der Waals surface area contributed by atoms with Crippen molar-refractivity contribution in [2.24, 2.45) is 11.8 Å². The average Bonchev–Trinajstić information content (AvgIpc) is 2.45. The highest BCUT2D eigenvalue weighted by Crippen LogP contribution is 2.39. The lowest BCUT2D eigenvalue weighted by Gasteiger charge is -2.40. The van der Waals surface area contributed by atoms with Gasteiger partial charge in [0.2, 0.25) is 0 Å². The van der Waals surface area contributed by atoms with E-state index in [4.69, 9.17) is 16.3 Å². The third-order valence-corrected chi connectivity index (χ3v) is 4.65. The van der Waals surface area contributed by atoms with Gasteiger partial charge < -0.3 is 9.84 Å². The molecule has 106 valence electrons. The monoisotopic (exact) mass is 292 g/mol. The number of ether oxygens (including phenoxy) is 1. The van der Waals surface area contributed by atoms with E-state index in [0.29, 0.717) is 23.4 Å². The van der Waals surface area contributed by atoms with Crippen LogP contribution >= 0.6 is 11.6 Å². The van der Waals surface area contributed by atoms with Gasteiger partial charge in [0, 0.05) is 10.9 Å². The van der Waals surface area contributed by atoms with E-state index in [1.165, 1.54) is 0 Å². The number of hydrogen-bond acceptors (Lipinski definition) is 3. The molecule has 4 heteroatoms. The van der Waals surface area contributed by atoms with Crippen LogP contribution in [0, 0.1) is 11.8 Å². The molecule has 1 aliphatic heterocycles. The number of hydrogen-bond donors (Lipinski definition) is 1. The maximum Gasteiger partial charge on any atom is 0.173 e. The van der Waals surface area contributed by atoms with Gasteiger partial charge in [0.25, 0.3) is 0 Å². The number of ketones is 1. The van der Waals surface area contributed by atoms with E-state index in [1.54, 1.807) is 18.4 Å². The van der Waals surface area contributed by atoms with Crippen molar-refractivity contribution in [2.75, 3.05) is 0 Å². The molecule has 0 aromatic heterocycles. The standard InChI is InChI=1S/C16H17ClO3/c1-9-14(18)7-6-12-15(19)13(8-20-16(9)12)10-2-4-11(17)5-3-10/h2-5,8-9,12,14,16,18H,6-7H2,1H3. The summed E-state index contributed by atoms with van der Waals surface area (Å²) in [6.45, 7) is 1.94. The largest absolute Gasteiger partial charge is 0.496 e. The molecule has 2 aliphatic rings. The maximum absolute atomic E-state index is 12.6. The van der Waals surface area contributed by atoms with Crippen molar-refractivity contribution in [1.29, 1.82) is 0 Å². The highest BCUT2D eigenvalue weighted by atomic mass is 35.5. The predicted molar refractivity (Wildman–Crippen MR) is 77.2 cm³/mol. The summed E-state index contributed by atoms with van der Waals surface area (Å²) in [7, 11) is 0. The molecule has 1 saturated carbocycles. The Morgan fingerprint density at radius 1 is 1.25 bits per heavy atom. The Kier molecular flexibility index (Phi) is 3.57. The zero-order chi connectivity index (χ0) is 14.3. The van der Waals surface area contributed by atoms with E-state index >= 15 is 0 Å². The molecule has 1 aliphatic carbocycles. The molecular weight excluding hydrogens is 276 g/mol. The fourth-order valence-electron chi connectivity index (χ4n) is 3.11. The Labute approximate surface area is 123 Å². The van der Waals surface area contributed by atoms with Gasteiger partial charge in [-0.25, -0.2) is 0 Å². The summed E-state index contributed by atoms with van der Waals surface area (Å²) in [4.78, 5) is 12.6. The molecule has 1 fully saturated rings. The Morgan fingerprint density at radius 3 is 2.65 bits per heavy atom. The topological polar surface area (TPSA) is 46.5 Å². The Hall–Kier alpha value is -1.32. The molecule has 1 aromatic rings. The summed E-state index contributed by atoms with van der Waals surface area (Å²) in [5, 5.41) is 10.5. The second kappa shape index (κ2) is 5.23. The number of allylic oxidation sites excluding steroid dienone is 1. The third kappa shape index (κ3) is 2.25. The van der Waals surface area contributed by atoms with E-state index in [9.17, 15) is 9.90 Å². The summed E-state index contributed by atoms with van der Waals surface area (Å²) in [5.41, 5.74) is 1.43. The van der Waals surface area contributed by atoms with Gasteiger partial charge in [-0.05, 0) is 30.5 Å². The highest BCUT2D eigenvalue weighted by molar-refractivity contribution is 6.30. The normalized spacial score (nSPS) is 33.1. The van der Waals surface area contributed by atoms with Gasteiger partial charge in [0.15, 0.2) is 5.78 Å². The van der Waals surface area contributed by atoms with Gasteiger partial charge in [0.1, 0.15) is 6.10 Å². The number of aliphatic hydroxyl groups excluding tert-OH is 1.